The van der Waals surface area contributed by atoms with Crippen LogP contribution in [0.1, 0.15) is 11.1 Å². The molecular formula is C19H17IN2O4. The fourth-order valence-electron chi connectivity index (χ4n) is 2.48. The number of imide groups is 1. The zero-order valence-electron chi connectivity index (χ0n) is 14.3. The Bertz CT molecular complexity index is 881. The highest BCUT2D eigenvalue weighted by Crippen LogP contribution is 2.35. The Kier molecular flexibility index (Phi) is 5.46. The number of carbonyl (C=O) groups excluding carboxylic acids is 2. The topological polar surface area (TPSA) is 67.9 Å². The van der Waals surface area contributed by atoms with E-state index >= 15 is 0 Å². The van der Waals surface area contributed by atoms with Crippen LogP contribution in [0.25, 0.3) is 6.08 Å². The minimum atomic E-state index is -0.439. The molecule has 3 amide bonds. The molecule has 0 radical (unpaired) electrons. The van der Waals surface area contributed by atoms with Gasteiger partial charge >= 0.3 is 6.03 Å². The molecule has 2 aromatic carbocycles. The molecule has 0 bridgehead atoms. The van der Waals surface area contributed by atoms with Crippen LogP contribution in [0.15, 0.2) is 48.2 Å². The van der Waals surface area contributed by atoms with E-state index in [9.17, 15) is 9.59 Å². The third kappa shape index (κ3) is 3.82. The van der Waals surface area contributed by atoms with Gasteiger partial charge in [0.1, 0.15) is 12.3 Å². The maximum atomic E-state index is 12.0. The van der Waals surface area contributed by atoms with Gasteiger partial charge in [-0.25, -0.2) is 4.79 Å². The Morgan fingerprint density at radius 3 is 2.54 bits per heavy atom. The maximum absolute atomic E-state index is 12.0. The molecule has 0 aliphatic carbocycles. The number of hydrogen-bond donors (Lipinski definition) is 1. The Morgan fingerprint density at radius 1 is 1.19 bits per heavy atom. The van der Waals surface area contributed by atoms with E-state index in [-0.39, 0.29) is 11.6 Å². The second-order valence-electron chi connectivity index (χ2n) is 5.66. The van der Waals surface area contributed by atoms with E-state index in [1.54, 1.807) is 19.3 Å². The lowest BCUT2D eigenvalue weighted by atomic mass is 10.1. The van der Waals surface area contributed by atoms with Gasteiger partial charge in [-0.05, 0) is 51.9 Å². The minimum Gasteiger partial charge on any atom is -0.493 e. The van der Waals surface area contributed by atoms with Crippen molar-refractivity contribution in [1.82, 2.24) is 10.2 Å². The average molecular weight is 464 g/mol. The summed E-state index contributed by atoms with van der Waals surface area (Å²) in [5.74, 6) is 0.830. The van der Waals surface area contributed by atoms with Gasteiger partial charge in [0, 0.05) is 7.05 Å². The highest BCUT2D eigenvalue weighted by atomic mass is 127. The molecule has 1 aliphatic heterocycles. The molecule has 0 spiro atoms. The first-order chi connectivity index (χ1) is 12.5. The molecule has 0 unspecified atom stereocenters. The van der Waals surface area contributed by atoms with Crippen LogP contribution < -0.4 is 14.8 Å². The lowest BCUT2D eigenvalue weighted by Gasteiger charge is -2.14. The highest BCUT2D eigenvalue weighted by molar-refractivity contribution is 14.1. The van der Waals surface area contributed by atoms with Crippen molar-refractivity contribution >= 4 is 40.6 Å². The lowest BCUT2D eigenvalue weighted by molar-refractivity contribution is -0.121. The van der Waals surface area contributed by atoms with E-state index in [1.807, 2.05) is 36.4 Å². The first kappa shape index (κ1) is 18.2. The minimum absolute atomic E-state index is 0.230. The highest BCUT2D eigenvalue weighted by Gasteiger charge is 2.30. The number of rotatable bonds is 5. The number of amides is 3. The molecule has 2 aromatic rings. The van der Waals surface area contributed by atoms with Crippen LogP contribution in [0.2, 0.25) is 0 Å². The van der Waals surface area contributed by atoms with Crippen LogP contribution in [0.5, 0.6) is 11.5 Å². The molecule has 0 saturated carbocycles. The summed E-state index contributed by atoms with van der Waals surface area (Å²) >= 11 is 2.16. The standard InChI is InChI=1S/C19H17IN2O4/c1-22-18(23)15(21-19(22)24)9-13-8-14(20)17(16(10-13)25-2)26-11-12-6-4-3-5-7-12/h3-10H,11H2,1-2H3,(H,21,24)/b15-9+. The number of methoxy groups -OCH3 is 1. The molecule has 1 heterocycles. The average Bonchev–Trinajstić information content (AvgIpc) is 2.88. The number of hydrogen-bond acceptors (Lipinski definition) is 4. The van der Waals surface area contributed by atoms with E-state index in [1.165, 1.54) is 7.05 Å². The van der Waals surface area contributed by atoms with Crippen molar-refractivity contribution < 1.29 is 19.1 Å². The summed E-state index contributed by atoms with van der Waals surface area (Å²) in [6.45, 7) is 0.424. The summed E-state index contributed by atoms with van der Waals surface area (Å²) in [7, 11) is 3.00. The summed E-state index contributed by atoms with van der Waals surface area (Å²) in [6.07, 6.45) is 1.62. The predicted molar refractivity (Wildman–Crippen MR) is 106 cm³/mol. The van der Waals surface area contributed by atoms with Gasteiger partial charge in [-0.2, -0.15) is 0 Å². The fraction of sp³-hybridized carbons (Fsp3) is 0.158. The molecule has 1 saturated heterocycles. The van der Waals surface area contributed by atoms with E-state index in [4.69, 9.17) is 9.47 Å². The Morgan fingerprint density at radius 2 is 1.92 bits per heavy atom. The largest absolute Gasteiger partial charge is 0.493 e. The normalized spacial score (nSPS) is 15.3. The second-order valence-corrected chi connectivity index (χ2v) is 6.82. The van der Waals surface area contributed by atoms with E-state index in [0.29, 0.717) is 18.1 Å². The van der Waals surface area contributed by atoms with Gasteiger partial charge in [0.05, 0.1) is 10.7 Å². The van der Waals surface area contributed by atoms with Gasteiger partial charge in [-0.1, -0.05) is 30.3 Å². The molecule has 0 atom stereocenters. The number of benzene rings is 2. The number of ether oxygens (including phenoxy) is 2. The molecular weight excluding hydrogens is 447 g/mol. The Hall–Kier alpha value is -2.55. The molecule has 134 valence electrons. The molecule has 26 heavy (non-hydrogen) atoms. The number of nitrogens with zero attached hydrogens (tertiary/aromatic N) is 1. The monoisotopic (exact) mass is 464 g/mol. The van der Waals surface area contributed by atoms with Crippen LogP contribution in [0, 0.1) is 3.57 Å². The van der Waals surface area contributed by atoms with E-state index < -0.39 is 6.03 Å². The first-order valence-electron chi connectivity index (χ1n) is 7.84. The van der Waals surface area contributed by atoms with Crippen molar-refractivity contribution in [2.75, 3.05) is 14.2 Å². The van der Waals surface area contributed by atoms with Crippen molar-refractivity contribution in [2.24, 2.45) is 0 Å². The van der Waals surface area contributed by atoms with E-state index in [0.717, 1.165) is 19.6 Å². The van der Waals surface area contributed by atoms with Crippen molar-refractivity contribution in [2.45, 2.75) is 6.61 Å². The quantitative estimate of drug-likeness (QED) is 0.419. The molecule has 3 rings (SSSR count). The van der Waals surface area contributed by atoms with Crippen molar-refractivity contribution in [1.29, 1.82) is 0 Å². The van der Waals surface area contributed by atoms with Gasteiger partial charge in [-0.3, -0.25) is 9.69 Å². The summed E-state index contributed by atoms with van der Waals surface area (Å²) in [4.78, 5) is 24.6. The van der Waals surface area contributed by atoms with Crippen molar-refractivity contribution in [3.63, 3.8) is 0 Å². The van der Waals surface area contributed by atoms with E-state index in [2.05, 4.69) is 27.9 Å². The molecule has 7 heteroatoms. The van der Waals surface area contributed by atoms with Gasteiger partial charge in [0.25, 0.3) is 5.91 Å². The van der Waals surface area contributed by atoms with Crippen LogP contribution in [-0.4, -0.2) is 31.0 Å². The van der Waals surface area contributed by atoms with Crippen LogP contribution >= 0.6 is 22.6 Å². The van der Waals surface area contributed by atoms with Gasteiger partial charge in [-0.15, -0.1) is 0 Å². The lowest BCUT2D eigenvalue weighted by Crippen LogP contribution is -2.25. The molecule has 1 N–H and O–H groups in total. The summed E-state index contributed by atoms with van der Waals surface area (Å²) in [5.41, 5.74) is 2.02. The third-order valence-electron chi connectivity index (χ3n) is 3.87. The third-order valence-corrected chi connectivity index (χ3v) is 4.67. The summed E-state index contributed by atoms with van der Waals surface area (Å²) in [6, 6.07) is 13.1. The SMILES string of the molecule is COc1cc(/C=C2/NC(=O)N(C)C2=O)cc(I)c1OCc1ccccc1. The van der Waals surface area contributed by atoms with Crippen LogP contribution in [-0.2, 0) is 11.4 Å². The Balaban J connectivity index is 1.86. The number of likely N-dealkylation sites (N-methyl/N-ethyl adjacent to an activating group) is 1. The Labute approximate surface area is 164 Å². The number of nitrogens with one attached hydrogen (secondary N) is 1. The number of halogens is 1. The summed E-state index contributed by atoms with van der Waals surface area (Å²) in [5, 5.41) is 2.54. The zero-order valence-corrected chi connectivity index (χ0v) is 16.4. The summed E-state index contributed by atoms with van der Waals surface area (Å²) < 4.78 is 12.2. The number of urea groups is 1. The van der Waals surface area contributed by atoms with Gasteiger partial charge in [0.2, 0.25) is 0 Å². The van der Waals surface area contributed by atoms with Crippen LogP contribution in [0.4, 0.5) is 4.79 Å². The van der Waals surface area contributed by atoms with Crippen molar-refractivity contribution in [3.8, 4) is 11.5 Å². The van der Waals surface area contributed by atoms with Crippen LogP contribution in [0.3, 0.4) is 0 Å². The fourth-order valence-corrected chi connectivity index (χ4v) is 3.26. The van der Waals surface area contributed by atoms with Crippen molar-refractivity contribution in [3.05, 3.63) is 62.9 Å². The zero-order chi connectivity index (χ0) is 18.7. The molecule has 6 nitrogen and oxygen atoms in total. The predicted octanol–water partition coefficient (Wildman–Crippen LogP) is 3.40. The molecule has 1 fully saturated rings. The second kappa shape index (κ2) is 7.77. The maximum Gasteiger partial charge on any atom is 0.328 e. The van der Waals surface area contributed by atoms with Gasteiger partial charge < -0.3 is 14.8 Å². The smallest absolute Gasteiger partial charge is 0.328 e. The number of carbonyl (C=O) groups is 2. The molecule has 1 aliphatic rings. The molecule has 0 aromatic heterocycles. The van der Waals surface area contributed by atoms with Gasteiger partial charge in [0.15, 0.2) is 11.5 Å². The first-order valence-corrected chi connectivity index (χ1v) is 8.92.